The Morgan fingerprint density at radius 1 is 1.25 bits per heavy atom. The lowest BCUT2D eigenvalue weighted by Gasteiger charge is -2.01. The quantitative estimate of drug-likeness (QED) is 0.772. The number of nitrogens with zero attached hydrogens (tertiary/aromatic N) is 3. The Labute approximate surface area is 116 Å². The van der Waals surface area contributed by atoms with Crippen LogP contribution < -0.4 is 5.32 Å². The first-order valence-electron chi connectivity index (χ1n) is 6.82. The highest BCUT2D eigenvalue weighted by Gasteiger charge is 2.22. The van der Waals surface area contributed by atoms with Crippen molar-refractivity contribution >= 4 is 10.9 Å². The second-order valence-corrected chi connectivity index (χ2v) is 5.02. The summed E-state index contributed by atoms with van der Waals surface area (Å²) in [6.45, 7) is 1.02. The summed E-state index contributed by atoms with van der Waals surface area (Å²) in [5.41, 5.74) is 1.93. The third-order valence-corrected chi connectivity index (χ3v) is 3.66. The van der Waals surface area contributed by atoms with E-state index in [4.69, 9.17) is 4.52 Å². The average molecular weight is 266 g/mol. The predicted octanol–water partition coefficient (Wildman–Crippen LogP) is 2.71. The number of rotatable bonds is 2. The lowest BCUT2D eigenvalue weighted by molar-refractivity contribution is 0.345. The van der Waals surface area contributed by atoms with Gasteiger partial charge < -0.3 is 9.84 Å². The van der Waals surface area contributed by atoms with Crippen molar-refractivity contribution in [2.45, 2.75) is 18.9 Å². The van der Waals surface area contributed by atoms with Gasteiger partial charge in [0.05, 0.1) is 11.6 Å². The molecule has 0 bridgehead atoms. The Morgan fingerprint density at radius 2 is 2.25 bits per heavy atom. The van der Waals surface area contributed by atoms with Gasteiger partial charge in [0.2, 0.25) is 11.7 Å². The molecular weight excluding hydrogens is 252 g/mol. The van der Waals surface area contributed by atoms with Gasteiger partial charge in [0, 0.05) is 17.1 Å². The number of nitrogens with one attached hydrogen (secondary N) is 1. The zero-order valence-corrected chi connectivity index (χ0v) is 10.9. The molecule has 5 nitrogen and oxygen atoms in total. The summed E-state index contributed by atoms with van der Waals surface area (Å²) in [4.78, 5) is 8.82. The Hall–Kier alpha value is -2.27. The van der Waals surface area contributed by atoms with Crippen LogP contribution in [-0.2, 0) is 0 Å². The number of hydrogen-bond acceptors (Lipinski definition) is 5. The van der Waals surface area contributed by atoms with Gasteiger partial charge in [0.1, 0.15) is 0 Å². The summed E-state index contributed by atoms with van der Waals surface area (Å²) in [5.74, 6) is 1.32. The van der Waals surface area contributed by atoms with E-state index in [2.05, 4.69) is 20.4 Å². The molecular formula is C15H14N4O. The molecule has 1 atom stereocenters. The molecule has 100 valence electrons. The standard InChI is InChI=1S/C15H14N4O/c1-3-10-9-11(5-6-12(10)16-7-1)14-18-15(20-19-14)13-4-2-8-17-13/h1,3,5-7,9,13,17H,2,4,8H2. The lowest BCUT2D eigenvalue weighted by atomic mass is 10.1. The Morgan fingerprint density at radius 3 is 3.15 bits per heavy atom. The average Bonchev–Trinajstić information content (AvgIpc) is 3.17. The van der Waals surface area contributed by atoms with Gasteiger partial charge in [0.15, 0.2) is 0 Å². The van der Waals surface area contributed by atoms with Gasteiger partial charge in [-0.25, -0.2) is 0 Å². The van der Waals surface area contributed by atoms with E-state index in [0.29, 0.717) is 11.7 Å². The van der Waals surface area contributed by atoms with E-state index in [0.717, 1.165) is 35.9 Å². The van der Waals surface area contributed by atoms with Crippen molar-refractivity contribution in [3.8, 4) is 11.4 Å². The smallest absolute Gasteiger partial charge is 0.244 e. The summed E-state index contributed by atoms with van der Waals surface area (Å²) in [6.07, 6.45) is 4.01. The topological polar surface area (TPSA) is 63.8 Å². The van der Waals surface area contributed by atoms with Crippen LogP contribution in [0.4, 0.5) is 0 Å². The summed E-state index contributed by atoms with van der Waals surface area (Å²) in [7, 11) is 0. The van der Waals surface area contributed by atoms with Crippen LogP contribution in [0.5, 0.6) is 0 Å². The minimum atomic E-state index is 0.207. The highest BCUT2D eigenvalue weighted by molar-refractivity contribution is 5.82. The van der Waals surface area contributed by atoms with Gasteiger partial charge in [-0.3, -0.25) is 4.98 Å². The first-order chi connectivity index (χ1) is 9.90. The zero-order chi connectivity index (χ0) is 13.4. The second kappa shape index (κ2) is 4.68. The van der Waals surface area contributed by atoms with Gasteiger partial charge in [0.25, 0.3) is 0 Å². The molecule has 0 saturated carbocycles. The molecule has 1 saturated heterocycles. The third kappa shape index (κ3) is 1.96. The van der Waals surface area contributed by atoms with Crippen molar-refractivity contribution in [3.63, 3.8) is 0 Å². The summed E-state index contributed by atoms with van der Waals surface area (Å²) in [5, 5.41) is 8.53. The van der Waals surface area contributed by atoms with Crippen LogP contribution in [0.1, 0.15) is 24.8 Å². The predicted molar refractivity (Wildman–Crippen MR) is 75.0 cm³/mol. The van der Waals surface area contributed by atoms with Crippen molar-refractivity contribution < 1.29 is 4.52 Å². The molecule has 1 unspecified atom stereocenters. The van der Waals surface area contributed by atoms with E-state index in [1.54, 1.807) is 6.20 Å². The van der Waals surface area contributed by atoms with Crippen molar-refractivity contribution in [1.29, 1.82) is 0 Å². The minimum absolute atomic E-state index is 0.207. The van der Waals surface area contributed by atoms with E-state index in [1.165, 1.54) is 0 Å². The third-order valence-electron chi connectivity index (χ3n) is 3.66. The van der Waals surface area contributed by atoms with E-state index >= 15 is 0 Å². The SMILES string of the molecule is c1cnc2ccc(-c3noc(C4CCCN4)n3)cc2c1. The number of aromatic nitrogens is 3. The second-order valence-electron chi connectivity index (χ2n) is 5.02. The summed E-state index contributed by atoms with van der Waals surface area (Å²) in [6, 6.07) is 10.2. The fourth-order valence-corrected chi connectivity index (χ4v) is 2.60. The van der Waals surface area contributed by atoms with E-state index in [-0.39, 0.29) is 6.04 Å². The first-order valence-corrected chi connectivity index (χ1v) is 6.82. The van der Waals surface area contributed by atoms with Crippen molar-refractivity contribution in [3.05, 3.63) is 42.4 Å². The largest absolute Gasteiger partial charge is 0.337 e. The molecule has 0 radical (unpaired) electrons. The summed E-state index contributed by atoms with van der Waals surface area (Å²) >= 11 is 0. The number of fused-ring (bicyclic) bond motifs is 1. The van der Waals surface area contributed by atoms with Crippen molar-refractivity contribution in [2.24, 2.45) is 0 Å². The maximum Gasteiger partial charge on any atom is 0.244 e. The molecule has 3 heterocycles. The number of benzene rings is 1. The molecule has 2 aromatic heterocycles. The van der Waals surface area contributed by atoms with Crippen LogP contribution >= 0.6 is 0 Å². The maximum atomic E-state index is 5.38. The molecule has 0 spiro atoms. The summed E-state index contributed by atoms with van der Waals surface area (Å²) < 4.78 is 5.38. The number of hydrogen-bond donors (Lipinski definition) is 1. The van der Waals surface area contributed by atoms with E-state index in [9.17, 15) is 0 Å². The van der Waals surface area contributed by atoms with Gasteiger partial charge >= 0.3 is 0 Å². The molecule has 4 rings (SSSR count). The number of pyridine rings is 1. The van der Waals surface area contributed by atoms with Crippen molar-refractivity contribution in [2.75, 3.05) is 6.54 Å². The Kier molecular flexibility index (Phi) is 2.70. The molecule has 3 aromatic rings. The molecule has 0 aliphatic carbocycles. The molecule has 0 amide bonds. The Balaban J connectivity index is 1.71. The van der Waals surface area contributed by atoms with Crippen LogP contribution in [-0.4, -0.2) is 21.7 Å². The molecule has 1 fully saturated rings. The van der Waals surface area contributed by atoms with Gasteiger partial charge in [-0.05, 0) is 43.7 Å². The molecule has 1 N–H and O–H groups in total. The lowest BCUT2D eigenvalue weighted by Crippen LogP contribution is -2.12. The van der Waals surface area contributed by atoms with Crippen LogP contribution in [0.2, 0.25) is 0 Å². The fraction of sp³-hybridized carbons (Fsp3) is 0.267. The van der Waals surface area contributed by atoms with Gasteiger partial charge in [-0.2, -0.15) is 4.98 Å². The van der Waals surface area contributed by atoms with Gasteiger partial charge in [-0.1, -0.05) is 11.2 Å². The minimum Gasteiger partial charge on any atom is -0.337 e. The van der Waals surface area contributed by atoms with E-state index < -0.39 is 0 Å². The maximum absolute atomic E-state index is 5.38. The molecule has 5 heteroatoms. The van der Waals surface area contributed by atoms with Crippen molar-refractivity contribution in [1.82, 2.24) is 20.4 Å². The van der Waals surface area contributed by atoms with Crippen LogP contribution in [0.25, 0.3) is 22.3 Å². The first kappa shape index (κ1) is 11.5. The van der Waals surface area contributed by atoms with Crippen LogP contribution in [0.3, 0.4) is 0 Å². The monoisotopic (exact) mass is 266 g/mol. The molecule has 1 aliphatic rings. The Bertz CT molecular complexity index is 746. The fourth-order valence-electron chi connectivity index (χ4n) is 2.60. The van der Waals surface area contributed by atoms with Gasteiger partial charge in [-0.15, -0.1) is 0 Å². The van der Waals surface area contributed by atoms with Crippen LogP contribution in [0.15, 0.2) is 41.1 Å². The normalized spacial score (nSPS) is 18.7. The highest BCUT2D eigenvalue weighted by Crippen LogP contribution is 2.25. The molecule has 1 aliphatic heterocycles. The molecule has 20 heavy (non-hydrogen) atoms. The zero-order valence-electron chi connectivity index (χ0n) is 10.9. The molecule has 1 aromatic carbocycles. The van der Waals surface area contributed by atoms with E-state index in [1.807, 2.05) is 30.3 Å². The highest BCUT2D eigenvalue weighted by atomic mass is 16.5. The van der Waals surface area contributed by atoms with Crippen LogP contribution in [0, 0.1) is 0 Å².